The Hall–Kier alpha value is -2.35. The first-order valence-corrected chi connectivity index (χ1v) is 7.94. The molecule has 0 saturated heterocycles. The molecule has 0 fully saturated rings. The first-order chi connectivity index (χ1) is 11.2. The zero-order valence-electron chi connectivity index (χ0n) is 14.8. The monoisotopic (exact) mass is 334 g/mol. The van der Waals surface area contributed by atoms with Crippen LogP contribution in [-0.4, -0.2) is 37.0 Å². The number of imidazole rings is 1. The van der Waals surface area contributed by atoms with E-state index in [1.165, 1.54) is 0 Å². The van der Waals surface area contributed by atoms with Gasteiger partial charge in [-0.1, -0.05) is 13.8 Å². The second-order valence-corrected chi connectivity index (χ2v) is 6.62. The van der Waals surface area contributed by atoms with Crippen LogP contribution in [0.25, 0.3) is 0 Å². The number of amides is 2. The van der Waals surface area contributed by atoms with Crippen molar-refractivity contribution in [1.29, 1.82) is 0 Å². The maximum absolute atomic E-state index is 12.3. The SMILES string of the molecule is CC(C)[C@@H](NC(=O)NC[C@@](C)(O)c1cnn(C)c1)c1nccn1C. The van der Waals surface area contributed by atoms with E-state index in [2.05, 4.69) is 20.7 Å². The maximum atomic E-state index is 12.3. The van der Waals surface area contributed by atoms with E-state index >= 15 is 0 Å². The summed E-state index contributed by atoms with van der Waals surface area (Å²) in [5.41, 5.74) is -0.544. The van der Waals surface area contributed by atoms with Gasteiger partial charge >= 0.3 is 6.03 Å². The standard InChI is InChI=1S/C16H26N6O2/c1-11(2)13(14-17-6-7-21(14)4)20-15(23)18-10-16(3,24)12-8-19-22(5)9-12/h6-9,11,13,24H,10H2,1-5H3,(H2,18,20,23)/t13-,16-/m1/s1. The van der Waals surface area contributed by atoms with E-state index in [1.54, 1.807) is 37.2 Å². The lowest BCUT2D eigenvalue weighted by molar-refractivity contribution is 0.0591. The first-order valence-electron chi connectivity index (χ1n) is 7.94. The molecule has 24 heavy (non-hydrogen) atoms. The number of aliphatic hydroxyl groups is 1. The largest absolute Gasteiger partial charge is 0.383 e. The quantitative estimate of drug-likeness (QED) is 0.736. The molecule has 0 aromatic carbocycles. The Morgan fingerprint density at radius 2 is 2.12 bits per heavy atom. The summed E-state index contributed by atoms with van der Waals surface area (Å²) in [6.45, 7) is 5.76. The summed E-state index contributed by atoms with van der Waals surface area (Å²) in [5.74, 6) is 0.967. The molecular weight excluding hydrogens is 308 g/mol. The zero-order valence-corrected chi connectivity index (χ0v) is 14.8. The van der Waals surface area contributed by atoms with Crippen LogP contribution in [0.2, 0.25) is 0 Å². The molecule has 132 valence electrons. The third kappa shape index (κ3) is 4.14. The van der Waals surface area contributed by atoms with E-state index in [0.717, 1.165) is 5.82 Å². The van der Waals surface area contributed by atoms with E-state index in [1.807, 2.05) is 31.7 Å². The van der Waals surface area contributed by atoms with E-state index in [0.29, 0.717) is 5.56 Å². The average molecular weight is 334 g/mol. The van der Waals surface area contributed by atoms with Gasteiger partial charge in [0.1, 0.15) is 11.4 Å². The zero-order chi connectivity index (χ0) is 17.9. The molecule has 0 spiro atoms. The van der Waals surface area contributed by atoms with Gasteiger partial charge in [0.05, 0.1) is 18.8 Å². The molecule has 0 aliphatic heterocycles. The molecule has 2 amide bonds. The Morgan fingerprint density at radius 3 is 2.62 bits per heavy atom. The van der Waals surface area contributed by atoms with Crippen molar-refractivity contribution in [3.8, 4) is 0 Å². The molecule has 0 radical (unpaired) electrons. The Kier molecular flexibility index (Phi) is 5.28. The van der Waals surface area contributed by atoms with Crippen molar-refractivity contribution in [3.05, 3.63) is 36.2 Å². The minimum atomic E-state index is -1.19. The van der Waals surface area contributed by atoms with Crippen LogP contribution in [0.15, 0.2) is 24.8 Å². The lowest BCUT2D eigenvalue weighted by atomic mass is 10.00. The average Bonchev–Trinajstić information content (AvgIpc) is 3.11. The molecule has 0 aliphatic carbocycles. The van der Waals surface area contributed by atoms with Gasteiger partial charge in [0.15, 0.2) is 0 Å². The van der Waals surface area contributed by atoms with E-state index in [-0.39, 0.29) is 24.5 Å². The highest BCUT2D eigenvalue weighted by atomic mass is 16.3. The van der Waals surface area contributed by atoms with Crippen LogP contribution in [0.1, 0.15) is 38.2 Å². The van der Waals surface area contributed by atoms with Crippen molar-refractivity contribution < 1.29 is 9.90 Å². The molecule has 2 aromatic heterocycles. The predicted octanol–water partition coefficient (Wildman–Crippen LogP) is 1.06. The molecule has 2 heterocycles. The normalized spacial score (nSPS) is 15.1. The number of nitrogens with one attached hydrogen (secondary N) is 2. The summed E-state index contributed by atoms with van der Waals surface area (Å²) in [7, 11) is 3.67. The van der Waals surface area contributed by atoms with Crippen LogP contribution >= 0.6 is 0 Å². The van der Waals surface area contributed by atoms with E-state index in [9.17, 15) is 9.90 Å². The van der Waals surface area contributed by atoms with Gasteiger partial charge in [-0.15, -0.1) is 0 Å². The van der Waals surface area contributed by atoms with Crippen molar-refractivity contribution in [2.45, 2.75) is 32.4 Å². The number of rotatable bonds is 6. The van der Waals surface area contributed by atoms with Crippen LogP contribution in [0.3, 0.4) is 0 Å². The summed E-state index contributed by atoms with van der Waals surface area (Å²) in [6, 6.07) is -0.561. The second kappa shape index (κ2) is 7.04. The molecule has 3 N–H and O–H groups in total. The molecule has 2 atom stereocenters. The van der Waals surface area contributed by atoms with Gasteiger partial charge < -0.3 is 20.3 Å². The summed E-state index contributed by atoms with van der Waals surface area (Å²) in [5, 5.41) is 20.2. The summed E-state index contributed by atoms with van der Waals surface area (Å²) < 4.78 is 3.50. The molecular formula is C16H26N6O2. The van der Waals surface area contributed by atoms with Gasteiger partial charge in [0, 0.05) is 38.2 Å². The number of aryl methyl sites for hydroxylation is 2. The molecule has 0 unspecified atom stereocenters. The molecule has 8 heteroatoms. The van der Waals surface area contributed by atoms with Crippen molar-refractivity contribution in [1.82, 2.24) is 30.0 Å². The molecule has 0 bridgehead atoms. The number of urea groups is 1. The molecule has 0 saturated carbocycles. The Balaban J connectivity index is 1.98. The Morgan fingerprint density at radius 1 is 1.42 bits per heavy atom. The van der Waals surface area contributed by atoms with Gasteiger partial charge in [-0.05, 0) is 12.8 Å². The fourth-order valence-corrected chi connectivity index (χ4v) is 2.45. The fourth-order valence-electron chi connectivity index (χ4n) is 2.45. The Labute approximate surface area is 141 Å². The Bertz CT molecular complexity index is 688. The summed E-state index contributed by atoms with van der Waals surface area (Å²) in [6.07, 6.45) is 6.86. The van der Waals surface area contributed by atoms with Crippen LogP contribution in [-0.2, 0) is 19.7 Å². The van der Waals surface area contributed by atoms with Gasteiger partial charge in [-0.25, -0.2) is 9.78 Å². The number of hydrogen-bond donors (Lipinski definition) is 3. The highest BCUT2D eigenvalue weighted by molar-refractivity contribution is 5.74. The lowest BCUT2D eigenvalue weighted by Gasteiger charge is -2.25. The van der Waals surface area contributed by atoms with Crippen LogP contribution in [0, 0.1) is 5.92 Å². The molecule has 8 nitrogen and oxygen atoms in total. The van der Waals surface area contributed by atoms with Crippen molar-refractivity contribution >= 4 is 6.03 Å². The number of nitrogens with zero attached hydrogens (tertiary/aromatic N) is 4. The topological polar surface area (TPSA) is 97.0 Å². The molecule has 0 aliphatic rings. The van der Waals surface area contributed by atoms with Gasteiger partial charge in [0.2, 0.25) is 0 Å². The van der Waals surface area contributed by atoms with Gasteiger partial charge in [0.25, 0.3) is 0 Å². The number of aromatic nitrogens is 4. The second-order valence-electron chi connectivity index (χ2n) is 6.62. The minimum Gasteiger partial charge on any atom is -0.383 e. The predicted molar refractivity (Wildman–Crippen MR) is 90.1 cm³/mol. The van der Waals surface area contributed by atoms with Gasteiger partial charge in [-0.2, -0.15) is 5.10 Å². The number of carbonyl (C=O) groups excluding carboxylic acids is 1. The van der Waals surface area contributed by atoms with Crippen LogP contribution < -0.4 is 10.6 Å². The van der Waals surface area contributed by atoms with Crippen LogP contribution in [0.4, 0.5) is 4.79 Å². The van der Waals surface area contributed by atoms with Gasteiger partial charge in [-0.3, -0.25) is 4.68 Å². The van der Waals surface area contributed by atoms with Crippen LogP contribution in [0.5, 0.6) is 0 Å². The number of carbonyl (C=O) groups is 1. The molecule has 2 rings (SSSR count). The van der Waals surface area contributed by atoms with E-state index in [4.69, 9.17) is 0 Å². The van der Waals surface area contributed by atoms with E-state index < -0.39 is 5.60 Å². The smallest absolute Gasteiger partial charge is 0.315 e. The van der Waals surface area contributed by atoms with Crippen molar-refractivity contribution in [3.63, 3.8) is 0 Å². The minimum absolute atomic E-state index is 0.0793. The first kappa shape index (κ1) is 18.0. The third-order valence-electron chi connectivity index (χ3n) is 4.01. The fraction of sp³-hybridized carbons (Fsp3) is 0.562. The number of hydrogen-bond acceptors (Lipinski definition) is 4. The highest BCUT2D eigenvalue weighted by Gasteiger charge is 2.27. The third-order valence-corrected chi connectivity index (χ3v) is 4.01. The lowest BCUT2D eigenvalue weighted by Crippen LogP contribution is -2.45. The van der Waals surface area contributed by atoms with Crippen molar-refractivity contribution in [2.24, 2.45) is 20.0 Å². The highest BCUT2D eigenvalue weighted by Crippen LogP contribution is 2.20. The summed E-state index contributed by atoms with van der Waals surface area (Å²) in [4.78, 5) is 16.6. The maximum Gasteiger partial charge on any atom is 0.315 e. The van der Waals surface area contributed by atoms with Crippen molar-refractivity contribution in [2.75, 3.05) is 6.54 Å². The molecule has 2 aromatic rings. The summed E-state index contributed by atoms with van der Waals surface area (Å²) >= 11 is 0.